The molecule has 0 radical (unpaired) electrons. The molecule has 2 heterocycles. The average molecular weight is 372 g/mol. The number of aromatic hydroxyl groups is 1. The predicted molar refractivity (Wildman–Crippen MR) is 98.2 cm³/mol. The first-order valence-electron chi connectivity index (χ1n) is 9.07. The predicted octanol–water partition coefficient (Wildman–Crippen LogP) is 2.23. The van der Waals surface area contributed by atoms with Gasteiger partial charge in [-0.25, -0.2) is 9.59 Å². The van der Waals surface area contributed by atoms with Crippen LogP contribution in [-0.2, 0) is 11.3 Å². The van der Waals surface area contributed by atoms with Gasteiger partial charge in [-0.2, -0.15) is 5.10 Å². The van der Waals surface area contributed by atoms with E-state index in [0.717, 1.165) is 25.8 Å². The van der Waals surface area contributed by atoms with Crippen LogP contribution in [0, 0.1) is 5.92 Å². The molecule has 8 nitrogen and oxygen atoms in total. The van der Waals surface area contributed by atoms with Crippen molar-refractivity contribution in [3.63, 3.8) is 0 Å². The van der Waals surface area contributed by atoms with Crippen LogP contribution in [0.2, 0.25) is 0 Å². The van der Waals surface area contributed by atoms with Gasteiger partial charge in [0.05, 0.1) is 0 Å². The maximum Gasteiger partial charge on any atom is 0.330 e. The topological polar surface area (TPSA) is 108 Å². The molecule has 27 heavy (non-hydrogen) atoms. The molecule has 144 valence electrons. The summed E-state index contributed by atoms with van der Waals surface area (Å²) in [6.07, 6.45) is 6.51. The minimum atomic E-state index is -1.14. The Hall–Kier alpha value is -3.03. The molecule has 1 aliphatic rings. The lowest BCUT2D eigenvalue weighted by Gasteiger charge is -2.32. The van der Waals surface area contributed by atoms with E-state index >= 15 is 0 Å². The van der Waals surface area contributed by atoms with E-state index in [0.29, 0.717) is 24.6 Å². The summed E-state index contributed by atoms with van der Waals surface area (Å²) in [5, 5.41) is 25.6. The molecule has 0 aliphatic carbocycles. The third kappa shape index (κ3) is 4.99. The van der Waals surface area contributed by atoms with E-state index in [9.17, 15) is 19.8 Å². The first-order chi connectivity index (χ1) is 13.0. The number of aromatic nitrogens is 2. The smallest absolute Gasteiger partial charge is 0.330 e. The minimum Gasteiger partial charge on any atom is -0.508 e. The van der Waals surface area contributed by atoms with Gasteiger partial charge in [0.2, 0.25) is 0 Å². The molecule has 8 heteroatoms. The second kappa shape index (κ2) is 8.57. The van der Waals surface area contributed by atoms with Crippen molar-refractivity contribution >= 4 is 12.0 Å². The van der Waals surface area contributed by atoms with Gasteiger partial charge in [-0.05, 0) is 48.9 Å². The van der Waals surface area contributed by atoms with Crippen LogP contribution in [0.4, 0.5) is 4.79 Å². The number of carbonyl (C=O) groups is 2. The zero-order valence-electron chi connectivity index (χ0n) is 15.0. The molecule has 1 saturated heterocycles. The molecule has 0 saturated carbocycles. The number of benzene rings is 1. The highest BCUT2D eigenvalue weighted by Gasteiger charge is 2.27. The Balaban J connectivity index is 1.50. The van der Waals surface area contributed by atoms with Crippen molar-refractivity contribution in [2.24, 2.45) is 5.92 Å². The zero-order valence-corrected chi connectivity index (χ0v) is 15.0. The number of carbonyl (C=O) groups excluding carboxylic acids is 1. The number of aliphatic carboxylic acids is 1. The fourth-order valence-corrected chi connectivity index (χ4v) is 3.34. The molecule has 1 unspecified atom stereocenters. The van der Waals surface area contributed by atoms with Gasteiger partial charge in [0, 0.05) is 32.0 Å². The number of amides is 2. The summed E-state index contributed by atoms with van der Waals surface area (Å²) >= 11 is 0. The molecule has 1 atom stereocenters. The van der Waals surface area contributed by atoms with Crippen molar-refractivity contribution in [2.75, 3.05) is 13.1 Å². The fourth-order valence-electron chi connectivity index (χ4n) is 3.34. The lowest BCUT2D eigenvalue weighted by atomic mass is 9.94. The standard InChI is InChI=1S/C19H24N4O4/c24-16-4-2-15(3-5-16)17(18(25)26)21-19(27)22-11-6-14(7-12-22)8-13-23-10-1-9-20-23/h1-5,9-10,14,17,24H,6-8,11-13H2,(H,21,27)(H,25,26). The number of aryl methyl sites for hydroxylation is 1. The number of carboxylic acids is 1. The van der Waals surface area contributed by atoms with E-state index in [1.165, 1.54) is 24.3 Å². The van der Waals surface area contributed by atoms with Crippen molar-refractivity contribution in [1.29, 1.82) is 0 Å². The number of rotatable bonds is 6. The monoisotopic (exact) mass is 372 g/mol. The van der Waals surface area contributed by atoms with E-state index in [2.05, 4.69) is 10.4 Å². The molecular formula is C19H24N4O4. The van der Waals surface area contributed by atoms with Crippen molar-refractivity contribution < 1.29 is 19.8 Å². The van der Waals surface area contributed by atoms with E-state index in [4.69, 9.17) is 0 Å². The van der Waals surface area contributed by atoms with Crippen molar-refractivity contribution in [2.45, 2.75) is 31.8 Å². The third-order valence-corrected chi connectivity index (χ3v) is 4.97. The van der Waals surface area contributed by atoms with E-state index < -0.39 is 12.0 Å². The van der Waals surface area contributed by atoms with Gasteiger partial charge < -0.3 is 20.4 Å². The number of hydrogen-bond acceptors (Lipinski definition) is 4. The fraction of sp³-hybridized carbons (Fsp3) is 0.421. The van der Waals surface area contributed by atoms with Crippen molar-refractivity contribution in [1.82, 2.24) is 20.0 Å². The number of nitrogens with zero attached hydrogens (tertiary/aromatic N) is 3. The Morgan fingerprint density at radius 1 is 1.22 bits per heavy atom. The van der Waals surface area contributed by atoms with Gasteiger partial charge in [0.15, 0.2) is 6.04 Å². The summed E-state index contributed by atoms with van der Waals surface area (Å²) in [6.45, 7) is 2.08. The van der Waals surface area contributed by atoms with Crippen LogP contribution < -0.4 is 5.32 Å². The Kier molecular flexibility index (Phi) is 5.95. The molecule has 0 bridgehead atoms. The maximum atomic E-state index is 12.5. The van der Waals surface area contributed by atoms with Gasteiger partial charge in [-0.3, -0.25) is 4.68 Å². The zero-order chi connectivity index (χ0) is 19.2. The van der Waals surface area contributed by atoms with Gasteiger partial charge >= 0.3 is 12.0 Å². The SMILES string of the molecule is O=C(O)C(NC(=O)N1CCC(CCn2cccn2)CC1)c1ccc(O)cc1. The van der Waals surface area contributed by atoms with Crippen LogP contribution in [0.1, 0.15) is 30.9 Å². The maximum absolute atomic E-state index is 12.5. The summed E-state index contributed by atoms with van der Waals surface area (Å²) in [5.41, 5.74) is 0.419. The first-order valence-corrected chi connectivity index (χ1v) is 9.07. The Bertz CT molecular complexity index is 753. The molecular weight excluding hydrogens is 348 g/mol. The molecule has 1 aromatic carbocycles. The van der Waals surface area contributed by atoms with Crippen molar-refractivity contribution in [3.05, 3.63) is 48.3 Å². The van der Waals surface area contributed by atoms with Gasteiger partial charge in [-0.15, -0.1) is 0 Å². The third-order valence-electron chi connectivity index (χ3n) is 4.97. The van der Waals surface area contributed by atoms with Crippen LogP contribution in [0.3, 0.4) is 0 Å². The second-order valence-corrected chi connectivity index (χ2v) is 6.80. The van der Waals surface area contributed by atoms with Crippen LogP contribution in [-0.4, -0.2) is 50.0 Å². The average Bonchev–Trinajstić information content (AvgIpc) is 3.19. The number of hydrogen-bond donors (Lipinski definition) is 3. The number of urea groups is 1. The second-order valence-electron chi connectivity index (χ2n) is 6.80. The summed E-state index contributed by atoms with van der Waals surface area (Å²) in [5.74, 6) is -0.555. The van der Waals surface area contributed by atoms with Crippen LogP contribution >= 0.6 is 0 Å². The normalized spacial score (nSPS) is 16.1. The first kappa shape index (κ1) is 18.8. The van der Waals surface area contributed by atoms with Gasteiger partial charge in [0.1, 0.15) is 5.75 Å². The Morgan fingerprint density at radius 3 is 2.52 bits per heavy atom. The van der Waals surface area contributed by atoms with Gasteiger partial charge in [-0.1, -0.05) is 12.1 Å². The van der Waals surface area contributed by atoms with Crippen molar-refractivity contribution in [3.8, 4) is 5.75 Å². The molecule has 1 aliphatic heterocycles. The number of carboxylic acid groups (broad SMARTS) is 1. The molecule has 0 spiro atoms. The van der Waals surface area contributed by atoms with Crippen LogP contribution in [0.5, 0.6) is 5.75 Å². The van der Waals surface area contributed by atoms with E-state index in [1.54, 1.807) is 11.1 Å². The lowest BCUT2D eigenvalue weighted by molar-refractivity contribution is -0.139. The van der Waals surface area contributed by atoms with Gasteiger partial charge in [0.25, 0.3) is 0 Å². The highest BCUT2D eigenvalue weighted by atomic mass is 16.4. The quantitative estimate of drug-likeness (QED) is 0.721. The summed E-state index contributed by atoms with van der Waals surface area (Å²) in [6, 6.07) is 6.19. The highest BCUT2D eigenvalue weighted by Crippen LogP contribution is 2.22. The molecule has 2 amide bonds. The largest absolute Gasteiger partial charge is 0.508 e. The van der Waals surface area contributed by atoms with Crippen LogP contribution in [0.25, 0.3) is 0 Å². The summed E-state index contributed by atoms with van der Waals surface area (Å²) in [4.78, 5) is 25.7. The minimum absolute atomic E-state index is 0.0476. The van der Waals surface area contributed by atoms with Crippen LogP contribution in [0.15, 0.2) is 42.7 Å². The highest BCUT2D eigenvalue weighted by molar-refractivity contribution is 5.83. The number of phenolic OH excluding ortho intramolecular Hbond substituents is 1. The number of nitrogens with one attached hydrogen (secondary N) is 1. The molecule has 1 aromatic heterocycles. The molecule has 2 aromatic rings. The molecule has 3 rings (SSSR count). The number of phenols is 1. The molecule has 1 fully saturated rings. The summed E-state index contributed by atoms with van der Waals surface area (Å²) < 4.78 is 1.91. The Morgan fingerprint density at radius 2 is 1.93 bits per heavy atom. The molecule has 3 N–H and O–H groups in total. The van der Waals surface area contributed by atoms with E-state index in [1.807, 2.05) is 16.9 Å². The Labute approximate surface area is 157 Å². The van der Waals surface area contributed by atoms with E-state index in [-0.39, 0.29) is 11.8 Å². The number of piperidine rings is 1. The number of likely N-dealkylation sites (tertiary alicyclic amines) is 1. The lowest BCUT2D eigenvalue weighted by Crippen LogP contribution is -2.47. The summed E-state index contributed by atoms with van der Waals surface area (Å²) in [7, 11) is 0.